The van der Waals surface area contributed by atoms with Crippen LogP contribution in [0.5, 0.6) is 0 Å². The standard InChI is InChI=1S/C41H20F3N5/c1-46-28-17-15-26(16-18-28)39-40(25-13-11-23(22-45)12-14-25)49-41-34(48-39)21-30(27-19-31(42)37(44)32(43)20-27)36-35(41)29-9-5-6-10-33(29)47-38(36)24-7-3-2-4-8-24/h2-21H. The topological polar surface area (TPSA) is 66.8 Å². The molecule has 0 saturated carbocycles. The van der Waals surface area contributed by atoms with E-state index in [2.05, 4.69) is 10.9 Å². The number of halogens is 3. The van der Waals surface area contributed by atoms with Gasteiger partial charge in [-0.2, -0.15) is 5.26 Å². The van der Waals surface area contributed by atoms with Crippen molar-refractivity contribution in [3.63, 3.8) is 0 Å². The fourth-order valence-corrected chi connectivity index (χ4v) is 6.20. The summed E-state index contributed by atoms with van der Waals surface area (Å²) in [6, 6.07) is 36.8. The van der Waals surface area contributed by atoms with Gasteiger partial charge in [0.1, 0.15) is 0 Å². The highest BCUT2D eigenvalue weighted by Crippen LogP contribution is 2.44. The number of aromatic nitrogens is 3. The van der Waals surface area contributed by atoms with Gasteiger partial charge in [-0.1, -0.05) is 84.9 Å². The first-order valence-electron chi connectivity index (χ1n) is 15.2. The first kappa shape index (κ1) is 29.5. The van der Waals surface area contributed by atoms with E-state index in [0.29, 0.717) is 72.3 Å². The van der Waals surface area contributed by atoms with Crippen molar-refractivity contribution in [2.75, 3.05) is 0 Å². The van der Waals surface area contributed by atoms with Crippen LogP contribution in [0.2, 0.25) is 0 Å². The zero-order chi connectivity index (χ0) is 33.6. The molecule has 8 heteroatoms. The van der Waals surface area contributed by atoms with Crippen molar-refractivity contribution >= 4 is 38.4 Å². The number of nitriles is 1. The Morgan fingerprint density at radius 1 is 0.571 bits per heavy atom. The third kappa shape index (κ3) is 5.00. The molecule has 0 unspecified atom stereocenters. The lowest BCUT2D eigenvalue weighted by atomic mass is 9.91. The smallest absolute Gasteiger partial charge is 0.194 e. The van der Waals surface area contributed by atoms with E-state index < -0.39 is 17.5 Å². The second-order valence-corrected chi connectivity index (χ2v) is 11.4. The molecule has 0 aliphatic rings. The Morgan fingerprint density at radius 2 is 1.16 bits per heavy atom. The van der Waals surface area contributed by atoms with Crippen LogP contribution in [0.4, 0.5) is 18.9 Å². The predicted octanol–water partition coefficient (Wildman–Crippen LogP) is 10.8. The van der Waals surface area contributed by atoms with Crippen LogP contribution in [0.15, 0.2) is 121 Å². The number of nitrogens with zero attached hydrogens (tertiary/aromatic N) is 5. The molecule has 230 valence electrons. The first-order valence-corrected chi connectivity index (χ1v) is 15.2. The van der Waals surface area contributed by atoms with Crippen LogP contribution < -0.4 is 0 Å². The maximum Gasteiger partial charge on any atom is 0.194 e. The molecule has 2 heterocycles. The Kier molecular flexibility index (Phi) is 7.05. The molecule has 0 aliphatic carbocycles. The summed E-state index contributed by atoms with van der Waals surface area (Å²) in [5, 5.41) is 11.4. The summed E-state index contributed by atoms with van der Waals surface area (Å²) >= 11 is 0. The van der Waals surface area contributed by atoms with Crippen LogP contribution in [-0.4, -0.2) is 15.0 Å². The first-order chi connectivity index (χ1) is 23.9. The van der Waals surface area contributed by atoms with Gasteiger partial charge in [0.2, 0.25) is 0 Å². The van der Waals surface area contributed by atoms with E-state index >= 15 is 0 Å². The molecule has 0 aliphatic heterocycles. The third-order valence-corrected chi connectivity index (χ3v) is 8.50. The lowest BCUT2D eigenvalue weighted by Crippen LogP contribution is -2.00. The van der Waals surface area contributed by atoms with Crippen molar-refractivity contribution in [1.29, 1.82) is 5.26 Å². The number of para-hydroxylation sites is 1. The number of fused-ring (bicyclic) bond motifs is 5. The van der Waals surface area contributed by atoms with Crippen LogP contribution in [0.3, 0.4) is 0 Å². The molecule has 0 atom stereocenters. The quantitative estimate of drug-likeness (QED) is 0.109. The minimum atomic E-state index is -1.56. The largest absolute Gasteiger partial charge is 0.247 e. The highest BCUT2D eigenvalue weighted by atomic mass is 19.2. The van der Waals surface area contributed by atoms with Crippen LogP contribution in [0.1, 0.15) is 5.56 Å². The predicted molar refractivity (Wildman–Crippen MR) is 185 cm³/mol. The average molecular weight is 640 g/mol. The fraction of sp³-hybridized carbons (Fsp3) is 0. The van der Waals surface area contributed by atoms with E-state index in [4.69, 9.17) is 21.5 Å². The fourth-order valence-electron chi connectivity index (χ4n) is 6.20. The molecule has 0 fully saturated rings. The SMILES string of the molecule is [C-]#[N+]c1ccc(-c2nc3cc(-c4cc(F)c(F)c(F)c4)c4c(-c5ccccc5)nc5ccccc5c4c3nc2-c2ccc(C#N)cc2)cc1. The molecule has 8 rings (SSSR count). The second-order valence-electron chi connectivity index (χ2n) is 11.4. The van der Waals surface area contributed by atoms with Gasteiger partial charge < -0.3 is 0 Å². The van der Waals surface area contributed by atoms with Crippen molar-refractivity contribution < 1.29 is 13.2 Å². The molecule has 5 nitrogen and oxygen atoms in total. The second kappa shape index (κ2) is 11.7. The number of benzene rings is 6. The Hall–Kier alpha value is -6.90. The molecule has 0 saturated heterocycles. The van der Waals surface area contributed by atoms with E-state index in [-0.39, 0.29) is 5.56 Å². The Labute approximate surface area is 278 Å². The van der Waals surface area contributed by atoms with Gasteiger partial charge in [0.25, 0.3) is 0 Å². The van der Waals surface area contributed by atoms with Gasteiger partial charge in [0, 0.05) is 27.3 Å². The number of hydrogen-bond donors (Lipinski definition) is 0. The zero-order valence-electron chi connectivity index (χ0n) is 25.4. The summed E-state index contributed by atoms with van der Waals surface area (Å²) in [7, 11) is 0. The lowest BCUT2D eigenvalue weighted by Gasteiger charge is -2.18. The highest BCUT2D eigenvalue weighted by molar-refractivity contribution is 6.25. The van der Waals surface area contributed by atoms with Crippen LogP contribution >= 0.6 is 0 Å². The Bertz CT molecular complexity index is 2670. The van der Waals surface area contributed by atoms with Crippen LogP contribution in [0.25, 0.3) is 82.5 Å². The van der Waals surface area contributed by atoms with E-state index in [1.165, 1.54) is 0 Å². The Morgan fingerprint density at radius 3 is 1.84 bits per heavy atom. The summed E-state index contributed by atoms with van der Waals surface area (Å²) in [5.74, 6) is -4.19. The third-order valence-electron chi connectivity index (χ3n) is 8.50. The zero-order valence-corrected chi connectivity index (χ0v) is 25.4. The molecule has 0 spiro atoms. The van der Waals surface area contributed by atoms with Crippen molar-refractivity contribution in [2.24, 2.45) is 0 Å². The molecule has 0 radical (unpaired) electrons. The van der Waals surface area contributed by atoms with Crippen molar-refractivity contribution in [3.8, 4) is 51.0 Å². The summed E-state index contributed by atoms with van der Waals surface area (Å²) in [5.41, 5.74) is 6.79. The van der Waals surface area contributed by atoms with Crippen molar-refractivity contribution in [2.45, 2.75) is 0 Å². The van der Waals surface area contributed by atoms with E-state index in [9.17, 15) is 18.4 Å². The molecule has 49 heavy (non-hydrogen) atoms. The van der Waals surface area contributed by atoms with Gasteiger partial charge in [-0.05, 0) is 53.1 Å². The lowest BCUT2D eigenvalue weighted by molar-refractivity contribution is 0.448. The van der Waals surface area contributed by atoms with Gasteiger partial charge in [0.15, 0.2) is 23.1 Å². The summed E-state index contributed by atoms with van der Waals surface area (Å²) in [6.45, 7) is 7.40. The van der Waals surface area contributed by atoms with Gasteiger partial charge >= 0.3 is 0 Å². The number of pyridine rings is 1. The molecule has 6 aromatic carbocycles. The molecule has 0 N–H and O–H groups in total. The van der Waals surface area contributed by atoms with Crippen LogP contribution in [0, 0.1) is 35.4 Å². The van der Waals surface area contributed by atoms with Gasteiger partial charge in [0.05, 0.1) is 51.8 Å². The van der Waals surface area contributed by atoms with Gasteiger partial charge in [-0.3, -0.25) is 0 Å². The summed E-state index contributed by atoms with van der Waals surface area (Å²) in [4.78, 5) is 19.0. The minimum absolute atomic E-state index is 0.110. The number of rotatable bonds is 4. The highest BCUT2D eigenvalue weighted by Gasteiger charge is 2.23. The van der Waals surface area contributed by atoms with Gasteiger partial charge in [-0.15, -0.1) is 0 Å². The normalized spacial score (nSPS) is 11.1. The van der Waals surface area contributed by atoms with Gasteiger partial charge in [-0.25, -0.2) is 33.0 Å². The molecule has 8 aromatic rings. The Balaban J connectivity index is 1.58. The maximum absolute atomic E-state index is 14.9. The maximum atomic E-state index is 14.9. The molecule has 0 amide bonds. The molecular formula is C41H20F3N5. The molecule has 2 aromatic heterocycles. The summed E-state index contributed by atoms with van der Waals surface area (Å²) < 4.78 is 44.0. The average Bonchev–Trinajstić information content (AvgIpc) is 3.15. The minimum Gasteiger partial charge on any atom is -0.247 e. The summed E-state index contributed by atoms with van der Waals surface area (Å²) in [6.07, 6.45) is 0. The molecular weight excluding hydrogens is 619 g/mol. The van der Waals surface area contributed by atoms with E-state index in [1.54, 1.807) is 54.6 Å². The van der Waals surface area contributed by atoms with E-state index in [1.807, 2.05) is 54.6 Å². The van der Waals surface area contributed by atoms with Crippen molar-refractivity contribution in [1.82, 2.24) is 15.0 Å². The van der Waals surface area contributed by atoms with Crippen LogP contribution in [-0.2, 0) is 0 Å². The van der Waals surface area contributed by atoms with E-state index in [0.717, 1.165) is 23.1 Å². The molecule has 0 bridgehead atoms. The number of hydrogen-bond acceptors (Lipinski definition) is 4. The monoisotopic (exact) mass is 639 g/mol. The van der Waals surface area contributed by atoms with Crippen molar-refractivity contribution in [3.05, 3.63) is 156 Å².